The highest BCUT2D eigenvalue weighted by atomic mass is 35.5. The Morgan fingerprint density at radius 1 is 1.34 bits per heavy atom. The van der Waals surface area contributed by atoms with Gasteiger partial charge in [-0.15, -0.1) is 0 Å². The summed E-state index contributed by atoms with van der Waals surface area (Å²) < 4.78 is 47.6. The van der Waals surface area contributed by atoms with E-state index in [1.165, 1.54) is 31.3 Å². The molecule has 7 nitrogen and oxygen atoms in total. The molecule has 0 bridgehead atoms. The number of carbonyl (C=O) groups is 2. The topological polar surface area (TPSA) is 84.7 Å². The summed E-state index contributed by atoms with van der Waals surface area (Å²) in [6, 6.07) is 5.99. The number of aromatic nitrogens is 2. The van der Waals surface area contributed by atoms with Gasteiger partial charge in [-0.25, -0.2) is 4.68 Å². The second-order valence-electron chi connectivity index (χ2n) is 6.58. The Labute approximate surface area is 194 Å². The number of alkyl halides is 3. The molecule has 1 aliphatic heterocycles. The molecule has 0 radical (unpaired) electrons. The van der Waals surface area contributed by atoms with Crippen LogP contribution < -0.4 is 4.74 Å². The van der Waals surface area contributed by atoms with Gasteiger partial charge in [0.05, 0.1) is 10.5 Å². The molecule has 13 heteroatoms. The van der Waals surface area contributed by atoms with Gasteiger partial charge in [0.15, 0.2) is 5.69 Å². The molecule has 0 atom stereocenters. The molecule has 32 heavy (non-hydrogen) atoms. The monoisotopic (exact) mass is 505 g/mol. The highest BCUT2D eigenvalue weighted by Crippen LogP contribution is 2.41. The number of thiocarbonyl (C=S) groups is 1. The molecule has 0 spiro atoms. The fourth-order valence-corrected chi connectivity index (χ4v) is 4.23. The molecule has 2 heterocycles. The van der Waals surface area contributed by atoms with Crippen molar-refractivity contribution >= 4 is 57.9 Å². The van der Waals surface area contributed by atoms with Crippen molar-refractivity contribution in [3.05, 3.63) is 45.5 Å². The van der Waals surface area contributed by atoms with Gasteiger partial charge in [0.25, 0.3) is 5.91 Å². The number of carbonyl (C=O) groups excluding carboxylic acids is 1. The maximum atomic E-state index is 13.6. The van der Waals surface area contributed by atoms with Crippen LogP contribution >= 0.6 is 35.6 Å². The first-order chi connectivity index (χ1) is 15.0. The Balaban J connectivity index is 1.97. The minimum absolute atomic E-state index is 0.0433. The van der Waals surface area contributed by atoms with Crippen molar-refractivity contribution in [2.24, 2.45) is 7.05 Å². The summed E-state index contributed by atoms with van der Waals surface area (Å²) >= 11 is 11.8. The van der Waals surface area contributed by atoms with Gasteiger partial charge in [-0.05, 0) is 36.8 Å². The minimum atomic E-state index is -4.81. The molecular formula is C19H15ClF3N3O4S2. The molecule has 0 aliphatic carbocycles. The summed E-state index contributed by atoms with van der Waals surface area (Å²) in [5.41, 5.74) is -1.65. The standard InChI is InChI=1S/C19H15ClF3N3O4S2/c1-25-17(30-11-6-4-10(20)5-7-11)12(15(24-25)19(21,22)23)9-13-16(29)26(18(31)32-13)8-2-3-14(27)28/h4-7,9H,2-3,8H2,1H3,(H,27,28). The molecule has 1 aliphatic rings. The third-order valence-electron chi connectivity index (χ3n) is 4.25. The van der Waals surface area contributed by atoms with E-state index in [0.717, 1.165) is 27.4 Å². The zero-order valence-electron chi connectivity index (χ0n) is 16.4. The number of halogens is 4. The van der Waals surface area contributed by atoms with E-state index in [1.807, 2.05) is 0 Å². The van der Waals surface area contributed by atoms with Gasteiger partial charge in [-0.3, -0.25) is 14.5 Å². The lowest BCUT2D eigenvalue weighted by atomic mass is 10.2. The summed E-state index contributed by atoms with van der Waals surface area (Å²) in [6.45, 7) is 0.0433. The molecule has 1 saturated heterocycles. The Morgan fingerprint density at radius 2 is 2.00 bits per heavy atom. The summed E-state index contributed by atoms with van der Waals surface area (Å²) in [7, 11) is 1.29. The average molecular weight is 506 g/mol. The predicted octanol–water partition coefficient (Wildman–Crippen LogP) is 4.95. The molecule has 1 amide bonds. The maximum Gasteiger partial charge on any atom is 0.435 e. The molecule has 1 aromatic heterocycles. The molecule has 170 valence electrons. The van der Waals surface area contributed by atoms with Gasteiger partial charge in [0.1, 0.15) is 10.1 Å². The van der Waals surface area contributed by atoms with E-state index in [0.29, 0.717) is 5.02 Å². The first kappa shape index (κ1) is 24.1. The molecule has 1 N–H and O–H groups in total. The Bertz CT molecular complexity index is 1100. The van der Waals surface area contributed by atoms with E-state index in [-0.39, 0.29) is 40.2 Å². The smallest absolute Gasteiger partial charge is 0.435 e. The van der Waals surface area contributed by atoms with Crippen molar-refractivity contribution in [1.82, 2.24) is 14.7 Å². The molecule has 3 rings (SSSR count). The summed E-state index contributed by atoms with van der Waals surface area (Å²) in [4.78, 5) is 24.5. The van der Waals surface area contributed by atoms with Crippen LogP contribution in [0.25, 0.3) is 6.08 Å². The van der Waals surface area contributed by atoms with Crippen LogP contribution in [0.4, 0.5) is 13.2 Å². The van der Waals surface area contributed by atoms with Gasteiger partial charge in [-0.2, -0.15) is 18.3 Å². The van der Waals surface area contributed by atoms with E-state index in [1.54, 1.807) is 0 Å². The quantitative estimate of drug-likeness (QED) is 0.421. The lowest BCUT2D eigenvalue weighted by Gasteiger charge is -2.13. The lowest BCUT2D eigenvalue weighted by Crippen LogP contribution is -2.29. The SMILES string of the molecule is Cn1nc(C(F)(F)F)c(C=C2SC(=S)N(CCCC(=O)O)C2=O)c1Oc1ccc(Cl)cc1. The lowest BCUT2D eigenvalue weighted by molar-refractivity contribution is -0.141. The predicted molar refractivity (Wildman–Crippen MR) is 116 cm³/mol. The fraction of sp³-hybridized carbons (Fsp3) is 0.263. The minimum Gasteiger partial charge on any atom is -0.481 e. The molecule has 0 unspecified atom stereocenters. The molecule has 0 saturated carbocycles. The van der Waals surface area contributed by atoms with Crippen LogP contribution in [0.5, 0.6) is 11.6 Å². The van der Waals surface area contributed by atoms with Crippen LogP contribution in [0, 0.1) is 0 Å². The van der Waals surface area contributed by atoms with Crippen LogP contribution in [0.15, 0.2) is 29.2 Å². The number of amides is 1. The van der Waals surface area contributed by atoms with Gasteiger partial charge < -0.3 is 9.84 Å². The Kier molecular flexibility index (Phi) is 7.16. The van der Waals surface area contributed by atoms with Gasteiger partial charge in [0.2, 0.25) is 5.88 Å². The van der Waals surface area contributed by atoms with Crippen LogP contribution in [0.1, 0.15) is 24.1 Å². The molecular weight excluding hydrogens is 491 g/mol. The number of hydrogen-bond donors (Lipinski definition) is 1. The second kappa shape index (κ2) is 9.51. The molecule has 1 aromatic carbocycles. The van der Waals surface area contributed by atoms with Gasteiger partial charge in [0, 0.05) is 25.0 Å². The van der Waals surface area contributed by atoms with Crippen LogP contribution in [0.2, 0.25) is 5.02 Å². The Hall–Kier alpha value is -2.57. The molecule has 1 fully saturated rings. The summed E-state index contributed by atoms with van der Waals surface area (Å²) in [5.74, 6) is -1.64. The highest BCUT2D eigenvalue weighted by Gasteiger charge is 2.40. The first-order valence-corrected chi connectivity index (χ1v) is 10.6. The van der Waals surface area contributed by atoms with Gasteiger partial charge >= 0.3 is 12.1 Å². The number of nitrogens with zero attached hydrogens (tertiary/aromatic N) is 3. The van der Waals surface area contributed by atoms with Crippen molar-refractivity contribution in [2.45, 2.75) is 19.0 Å². The highest BCUT2D eigenvalue weighted by molar-refractivity contribution is 8.26. The van der Waals surface area contributed by atoms with E-state index >= 15 is 0 Å². The van der Waals surface area contributed by atoms with Crippen LogP contribution in [-0.4, -0.2) is 42.5 Å². The number of benzene rings is 1. The average Bonchev–Trinajstić information content (AvgIpc) is 3.15. The number of carboxylic acids is 1. The number of carboxylic acid groups (broad SMARTS) is 1. The van der Waals surface area contributed by atoms with E-state index in [4.69, 9.17) is 33.7 Å². The van der Waals surface area contributed by atoms with Gasteiger partial charge in [-0.1, -0.05) is 35.6 Å². The second-order valence-corrected chi connectivity index (χ2v) is 8.69. The number of ether oxygens (including phenoxy) is 1. The number of hydrogen-bond acceptors (Lipinski definition) is 6. The zero-order chi connectivity index (χ0) is 23.6. The van der Waals surface area contributed by atoms with Crippen molar-refractivity contribution in [3.63, 3.8) is 0 Å². The van der Waals surface area contributed by atoms with Crippen LogP contribution in [-0.2, 0) is 22.8 Å². The van der Waals surface area contributed by atoms with E-state index in [2.05, 4.69) is 5.10 Å². The van der Waals surface area contributed by atoms with Crippen molar-refractivity contribution in [3.8, 4) is 11.6 Å². The van der Waals surface area contributed by atoms with E-state index in [9.17, 15) is 22.8 Å². The van der Waals surface area contributed by atoms with Crippen molar-refractivity contribution in [1.29, 1.82) is 0 Å². The van der Waals surface area contributed by atoms with Crippen LogP contribution in [0.3, 0.4) is 0 Å². The normalized spacial score (nSPS) is 15.7. The zero-order valence-corrected chi connectivity index (χ0v) is 18.7. The third-order valence-corrected chi connectivity index (χ3v) is 5.88. The summed E-state index contributed by atoms with van der Waals surface area (Å²) in [6.07, 6.45) is -3.78. The maximum absolute atomic E-state index is 13.6. The largest absolute Gasteiger partial charge is 0.481 e. The first-order valence-electron chi connectivity index (χ1n) is 9.02. The number of aliphatic carboxylic acids is 1. The van der Waals surface area contributed by atoms with Crippen molar-refractivity contribution < 1.29 is 32.6 Å². The number of rotatable bonds is 7. The number of aryl methyl sites for hydroxylation is 1. The number of thioether (sulfide) groups is 1. The fourth-order valence-electron chi connectivity index (χ4n) is 2.81. The Morgan fingerprint density at radius 3 is 2.59 bits per heavy atom. The van der Waals surface area contributed by atoms with Crippen molar-refractivity contribution in [2.75, 3.05) is 6.54 Å². The molecule has 2 aromatic rings. The third kappa shape index (κ3) is 5.43. The van der Waals surface area contributed by atoms with E-state index < -0.39 is 29.3 Å². The summed E-state index contributed by atoms with van der Waals surface area (Å²) in [5, 5.41) is 12.7.